The molecule has 8 heteroatoms. The Bertz CT molecular complexity index is 1080. The third-order valence-corrected chi connectivity index (χ3v) is 7.18. The van der Waals surface area contributed by atoms with Crippen LogP contribution in [0.4, 0.5) is 0 Å². The van der Waals surface area contributed by atoms with Crippen LogP contribution in [0, 0.1) is 0 Å². The van der Waals surface area contributed by atoms with Crippen LogP contribution in [0.15, 0.2) is 72.1 Å². The lowest BCUT2D eigenvalue weighted by atomic mass is 9.97. The highest BCUT2D eigenvalue weighted by molar-refractivity contribution is 7.93. The van der Waals surface area contributed by atoms with E-state index in [1.807, 2.05) is 42.5 Å². The number of sulfone groups is 1. The predicted octanol–water partition coefficient (Wildman–Crippen LogP) is 2.37. The molecule has 3 rings (SSSR count). The third kappa shape index (κ3) is 3.44. The van der Waals surface area contributed by atoms with E-state index < -0.39 is 20.5 Å². The molecular weight excluding hydrogens is 378 g/mol. The molecule has 0 aliphatic carbocycles. The molecule has 7 nitrogen and oxygen atoms in total. The molecule has 0 aliphatic rings. The van der Waals surface area contributed by atoms with Gasteiger partial charge in [0.05, 0.1) is 0 Å². The van der Waals surface area contributed by atoms with Gasteiger partial charge in [0.2, 0.25) is 15.0 Å². The first-order valence-corrected chi connectivity index (χ1v) is 10.1. The molecule has 0 saturated carbocycles. The molecule has 1 atom stereocenters. The van der Waals surface area contributed by atoms with Crippen LogP contribution in [0.1, 0.15) is 12.5 Å². The Morgan fingerprint density at radius 3 is 2.25 bits per heavy atom. The molecule has 0 spiro atoms. The van der Waals surface area contributed by atoms with E-state index in [1.165, 1.54) is 36.4 Å². The molecule has 1 unspecified atom stereocenters. The molecule has 0 saturated heterocycles. The van der Waals surface area contributed by atoms with E-state index in [9.17, 15) is 18.4 Å². The van der Waals surface area contributed by atoms with E-state index in [0.717, 1.165) is 11.1 Å². The van der Waals surface area contributed by atoms with Crippen LogP contribution >= 0.6 is 0 Å². The van der Waals surface area contributed by atoms with Crippen molar-refractivity contribution < 1.29 is 18.4 Å². The number of rotatable bonds is 6. The third-order valence-electron chi connectivity index (χ3n) is 4.79. The molecule has 2 N–H and O–H groups in total. The van der Waals surface area contributed by atoms with Crippen molar-refractivity contribution in [3.8, 4) is 11.1 Å². The highest BCUT2D eigenvalue weighted by Crippen LogP contribution is 2.30. The Morgan fingerprint density at radius 2 is 1.71 bits per heavy atom. The molecule has 1 aromatic heterocycles. The zero-order valence-corrected chi connectivity index (χ0v) is 16.3. The molecule has 146 valence electrons. The van der Waals surface area contributed by atoms with Crippen molar-refractivity contribution in [1.29, 1.82) is 0 Å². The lowest BCUT2D eigenvalue weighted by molar-refractivity contribution is -0.131. The van der Waals surface area contributed by atoms with Crippen LogP contribution in [0.2, 0.25) is 0 Å². The molecule has 28 heavy (non-hydrogen) atoms. The van der Waals surface area contributed by atoms with Crippen LogP contribution in [0.25, 0.3) is 11.1 Å². The predicted molar refractivity (Wildman–Crippen MR) is 104 cm³/mol. The Morgan fingerprint density at radius 1 is 1.11 bits per heavy atom. The van der Waals surface area contributed by atoms with Crippen molar-refractivity contribution in [2.45, 2.75) is 23.2 Å². The first-order chi connectivity index (χ1) is 13.3. The molecule has 0 fully saturated rings. The summed E-state index contributed by atoms with van der Waals surface area (Å²) in [6, 6.07) is 17.0. The minimum atomic E-state index is -4.18. The second-order valence-electron chi connectivity index (χ2n) is 6.74. The summed E-state index contributed by atoms with van der Waals surface area (Å²) in [5, 5.41) is 8.94. The summed E-state index contributed by atoms with van der Waals surface area (Å²) in [5.41, 5.74) is 4.15. The van der Waals surface area contributed by atoms with Crippen molar-refractivity contribution in [3.63, 3.8) is 0 Å². The van der Waals surface area contributed by atoms with E-state index >= 15 is 0 Å². The maximum Gasteiger partial charge on any atom is 0.265 e. The number of carbonyl (C=O) groups is 1. The number of benzene rings is 2. The highest BCUT2D eigenvalue weighted by atomic mass is 32.2. The van der Waals surface area contributed by atoms with Gasteiger partial charge in [0.15, 0.2) is 4.75 Å². The maximum absolute atomic E-state index is 13.2. The van der Waals surface area contributed by atoms with E-state index in [4.69, 9.17) is 0 Å². The first-order valence-electron chi connectivity index (χ1n) is 8.60. The van der Waals surface area contributed by atoms with Crippen LogP contribution < -0.4 is 5.48 Å². The van der Waals surface area contributed by atoms with E-state index in [1.54, 1.807) is 12.1 Å². The van der Waals surface area contributed by atoms with Gasteiger partial charge in [0, 0.05) is 25.9 Å². The number of nitrogens with one attached hydrogen (secondary N) is 1. The summed E-state index contributed by atoms with van der Waals surface area (Å²) in [7, 11) is -2.65. The molecule has 0 bridgehead atoms. The molecule has 1 heterocycles. The number of hydroxylamine groups is 1. The smallest absolute Gasteiger partial charge is 0.265 e. The number of hydrogen-bond acceptors (Lipinski definition) is 5. The summed E-state index contributed by atoms with van der Waals surface area (Å²) in [4.78, 5) is 16.3. The number of hydrogen-bond donors (Lipinski definition) is 2. The number of amides is 1. The summed E-state index contributed by atoms with van der Waals surface area (Å²) >= 11 is 0. The molecule has 0 aliphatic heterocycles. The normalized spacial score (nSPS) is 13.7. The average Bonchev–Trinajstić information content (AvgIpc) is 3.15. The minimum Gasteiger partial charge on any atom is -0.325 e. The fourth-order valence-electron chi connectivity index (χ4n) is 3.06. The van der Waals surface area contributed by atoms with Gasteiger partial charge in [-0.05, 0) is 23.6 Å². The number of aryl methyl sites for hydroxylation is 1. The zero-order valence-electron chi connectivity index (χ0n) is 15.5. The van der Waals surface area contributed by atoms with Gasteiger partial charge in [-0.25, -0.2) is 18.9 Å². The Labute approximate surface area is 163 Å². The molecule has 3 aromatic rings. The van der Waals surface area contributed by atoms with Gasteiger partial charge in [-0.15, -0.1) is 0 Å². The molecule has 1 amide bonds. The number of carbonyl (C=O) groups excluding carboxylic acids is 1. The van der Waals surface area contributed by atoms with E-state index in [-0.39, 0.29) is 11.6 Å². The van der Waals surface area contributed by atoms with Gasteiger partial charge in [-0.1, -0.05) is 54.6 Å². The second kappa shape index (κ2) is 7.57. The van der Waals surface area contributed by atoms with Gasteiger partial charge in [-0.3, -0.25) is 10.0 Å². The van der Waals surface area contributed by atoms with Crippen LogP contribution in [0.5, 0.6) is 0 Å². The van der Waals surface area contributed by atoms with Crippen molar-refractivity contribution >= 4 is 15.7 Å². The lowest BCUT2D eigenvalue weighted by Crippen LogP contribution is -2.51. The monoisotopic (exact) mass is 399 g/mol. The molecular formula is C20H21N3O4S. The summed E-state index contributed by atoms with van der Waals surface area (Å²) in [6.07, 6.45) is 2.71. The van der Waals surface area contributed by atoms with Crippen molar-refractivity contribution in [3.05, 3.63) is 72.6 Å². The average molecular weight is 399 g/mol. The van der Waals surface area contributed by atoms with Gasteiger partial charge in [0.25, 0.3) is 5.91 Å². The largest absolute Gasteiger partial charge is 0.325 e. The lowest BCUT2D eigenvalue weighted by Gasteiger charge is -2.26. The standard InChI is InChI=1S/C20H21N3O4S/c1-20(18(24)22-25,28(26,27)19-21-12-13-23(19)2)14-15-8-10-17(11-9-15)16-6-4-3-5-7-16/h3-13,25H,14H2,1-2H3,(H,22,24). The maximum atomic E-state index is 13.2. The van der Waals surface area contributed by atoms with Gasteiger partial charge in [-0.2, -0.15) is 0 Å². The fourth-order valence-corrected chi connectivity index (χ4v) is 4.75. The van der Waals surface area contributed by atoms with Crippen LogP contribution in [-0.2, 0) is 28.1 Å². The zero-order chi connectivity index (χ0) is 20.4. The van der Waals surface area contributed by atoms with Crippen LogP contribution in [0.3, 0.4) is 0 Å². The fraction of sp³-hybridized carbons (Fsp3) is 0.200. The molecule has 0 radical (unpaired) electrons. The van der Waals surface area contributed by atoms with Gasteiger partial charge in [0.1, 0.15) is 0 Å². The summed E-state index contributed by atoms with van der Waals surface area (Å²) in [5.74, 6) is -1.01. The van der Waals surface area contributed by atoms with Crippen molar-refractivity contribution in [1.82, 2.24) is 15.0 Å². The van der Waals surface area contributed by atoms with Crippen molar-refractivity contribution in [2.75, 3.05) is 0 Å². The second-order valence-corrected chi connectivity index (χ2v) is 9.01. The van der Waals surface area contributed by atoms with E-state index in [0.29, 0.717) is 5.56 Å². The topological polar surface area (TPSA) is 101 Å². The van der Waals surface area contributed by atoms with E-state index in [2.05, 4.69) is 4.98 Å². The summed E-state index contributed by atoms with van der Waals surface area (Å²) in [6.45, 7) is 1.29. The highest BCUT2D eigenvalue weighted by Gasteiger charge is 2.49. The first kappa shape index (κ1) is 19.8. The minimum absolute atomic E-state index is 0.121. The quantitative estimate of drug-likeness (QED) is 0.489. The Balaban J connectivity index is 1.98. The van der Waals surface area contributed by atoms with Gasteiger partial charge >= 0.3 is 0 Å². The number of aromatic nitrogens is 2. The SMILES string of the molecule is Cn1ccnc1S(=O)(=O)C(C)(Cc1ccc(-c2ccccc2)cc1)C(=O)NO. The Kier molecular flexibility index (Phi) is 5.35. The molecule has 2 aromatic carbocycles. The van der Waals surface area contributed by atoms with Gasteiger partial charge < -0.3 is 4.57 Å². The summed E-state index contributed by atoms with van der Waals surface area (Å²) < 4.78 is 25.7. The Hall–Kier alpha value is -2.97. The van der Waals surface area contributed by atoms with Crippen molar-refractivity contribution in [2.24, 2.45) is 7.05 Å². The number of nitrogens with zero attached hydrogens (tertiary/aromatic N) is 2. The number of imidazole rings is 1. The van der Waals surface area contributed by atoms with Crippen LogP contribution in [-0.4, -0.2) is 33.8 Å².